The summed E-state index contributed by atoms with van der Waals surface area (Å²) < 4.78 is 1.02. The molecule has 0 aliphatic rings. The minimum absolute atomic E-state index is 0.165. The SMILES string of the molecule is O=C(O)c1ccc(C(=O)NCc2ccc(Br)s2)cc1. The van der Waals surface area contributed by atoms with E-state index in [0.29, 0.717) is 12.1 Å². The number of hydrogen-bond donors (Lipinski definition) is 2. The molecule has 98 valence electrons. The van der Waals surface area contributed by atoms with Crippen LogP contribution in [0.5, 0.6) is 0 Å². The van der Waals surface area contributed by atoms with E-state index in [1.54, 1.807) is 11.3 Å². The summed E-state index contributed by atoms with van der Waals surface area (Å²) in [6.07, 6.45) is 0. The minimum Gasteiger partial charge on any atom is -0.478 e. The molecule has 1 heterocycles. The Morgan fingerprint density at radius 3 is 2.26 bits per heavy atom. The lowest BCUT2D eigenvalue weighted by Crippen LogP contribution is -2.22. The molecule has 1 aromatic heterocycles. The van der Waals surface area contributed by atoms with E-state index in [0.717, 1.165) is 8.66 Å². The van der Waals surface area contributed by atoms with Gasteiger partial charge in [0, 0.05) is 10.4 Å². The molecular weight excluding hydrogens is 330 g/mol. The van der Waals surface area contributed by atoms with Gasteiger partial charge in [0.25, 0.3) is 5.91 Å². The average molecular weight is 340 g/mol. The van der Waals surface area contributed by atoms with Crippen molar-refractivity contribution in [3.8, 4) is 0 Å². The number of rotatable bonds is 4. The van der Waals surface area contributed by atoms with Gasteiger partial charge in [0.2, 0.25) is 0 Å². The third-order valence-electron chi connectivity index (χ3n) is 2.45. The Hall–Kier alpha value is -1.66. The molecule has 0 bridgehead atoms. The van der Waals surface area contributed by atoms with Crippen molar-refractivity contribution in [2.24, 2.45) is 0 Å². The number of halogens is 1. The second-order valence-corrected chi connectivity index (χ2v) is 6.32. The molecule has 0 unspecified atom stereocenters. The molecule has 1 amide bonds. The highest BCUT2D eigenvalue weighted by molar-refractivity contribution is 9.11. The van der Waals surface area contributed by atoms with Crippen LogP contribution < -0.4 is 5.32 Å². The third-order valence-corrected chi connectivity index (χ3v) is 4.07. The van der Waals surface area contributed by atoms with Crippen molar-refractivity contribution in [2.45, 2.75) is 6.54 Å². The average Bonchev–Trinajstić information content (AvgIpc) is 2.82. The molecular formula is C13H10BrNO3S. The number of nitrogens with one attached hydrogen (secondary N) is 1. The Balaban J connectivity index is 1.98. The van der Waals surface area contributed by atoms with Gasteiger partial charge >= 0.3 is 5.97 Å². The van der Waals surface area contributed by atoms with E-state index in [4.69, 9.17) is 5.11 Å². The molecule has 4 nitrogen and oxygen atoms in total. The monoisotopic (exact) mass is 339 g/mol. The topological polar surface area (TPSA) is 66.4 Å². The van der Waals surface area contributed by atoms with Crippen LogP contribution >= 0.6 is 27.3 Å². The zero-order chi connectivity index (χ0) is 13.8. The summed E-state index contributed by atoms with van der Waals surface area (Å²) in [6, 6.07) is 9.70. The van der Waals surface area contributed by atoms with Gasteiger partial charge < -0.3 is 10.4 Å². The van der Waals surface area contributed by atoms with Crippen LogP contribution in [0.4, 0.5) is 0 Å². The molecule has 2 N–H and O–H groups in total. The smallest absolute Gasteiger partial charge is 0.335 e. The molecule has 0 fully saturated rings. The number of thiophene rings is 1. The first kappa shape index (κ1) is 13.8. The molecule has 0 aliphatic carbocycles. The molecule has 6 heteroatoms. The molecule has 19 heavy (non-hydrogen) atoms. The fourth-order valence-electron chi connectivity index (χ4n) is 1.48. The Bertz CT molecular complexity index is 607. The van der Waals surface area contributed by atoms with Crippen molar-refractivity contribution in [1.82, 2.24) is 5.32 Å². The van der Waals surface area contributed by atoms with Gasteiger partial charge in [-0.3, -0.25) is 4.79 Å². The number of carboxylic acids is 1. The lowest BCUT2D eigenvalue weighted by molar-refractivity contribution is 0.0696. The molecule has 0 saturated carbocycles. The van der Waals surface area contributed by atoms with E-state index >= 15 is 0 Å². The van der Waals surface area contributed by atoms with Crippen LogP contribution in [0.3, 0.4) is 0 Å². The van der Waals surface area contributed by atoms with Crippen molar-refractivity contribution >= 4 is 39.1 Å². The number of amides is 1. The minimum atomic E-state index is -1.00. The predicted octanol–water partition coefficient (Wildman–Crippen LogP) is 3.14. The lowest BCUT2D eigenvalue weighted by Gasteiger charge is -2.04. The van der Waals surface area contributed by atoms with Crippen LogP contribution in [0.2, 0.25) is 0 Å². The van der Waals surface area contributed by atoms with Crippen molar-refractivity contribution < 1.29 is 14.7 Å². The van der Waals surface area contributed by atoms with Crippen LogP contribution in [0.15, 0.2) is 40.2 Å². The Morgan fingerprint density at radius 1 is 1.11 bits per heavy atom. The van der Waals surface area contributed by atoms with Crippen LogP contribution in [0.1, 0.15) is 25.6 Å². The van der Waals surface area contributed by atoms with Gasteiger partial charge in [-0.2, -0.15) is 0 Å². The Morgan fingerprint density at radius 2 is 1.74 bits per heavy atom. The van der Waals surface area contributed by atoms with E-state index in [1.807, 2.05) is 12.1 Å². The highest BCUT2D eigenvalue weighted by atomic mass is 79.9. The molecule has 0 atom stereocenters. The Kier molecular flexibility index (Phi) is 4.34. The fourth-order valence-corrected chi connectivity index (χ4v) is 2.90. The second-order valence-electron chi connectivity index (χ2n) is 3.77. The Labute approximate surface area is 122 Å². The van der Waals surface area contributed by atoms with Crippen LogP contribution in [-0.2, 0) is 6.54 Å². The molecule has 0 spiro atoms. The molecule has 0 radical (unpaired) electrons. The number of carbonyl (C=O) groups is 2. The summed E-state index contributed by atoms with van der Waals surface area (Å²) in [6.45, 7) is 0.454. The van der Waals surface area contributed by atoms with Gasteiger partial charge in [0.05, 0.1) is 15.9 Å². The summed E-state index contributed by atoms with van der Waals surface area (Å²) >= 11 is 4.91. The van der Waals surface area contributed by atoms with Crippen LogP contribution in [-0.4, -0.2) is 17.0 Å². The number of aromatic carboxylic acids is 1. The van der Waals surface area contributed by atoms with Crippen LogP contribution in [0.25, 0.3) is 0 Å². The largest absolute Gasteiger partial charge is 0.478 e. The number of hydrogen-bond acceptors (Lipinski definition) is 3. The molecule has 2 aromatic rings. The van der Waals surface area contributed by atoms with Gasteiger partial charge in [-0.15, -0.1) is 11.3 Å². The van der Waals surface area contributed by atoms with E-state index in [1.165, 1.54) is 24.3 Å². The first-order valence-electron chi connectivity index (χ1n) is 5.42. The predicted molar refractivity (Wildman–Crippen MR) is 76.6 cm³/mol. The van der Waals surface area contributed by atoms with Crippen molar-refractivity contribution in [3.63, 3.8) is 0 Å². The fraction of sp³-hybridized carbons (Fsp3) is 0.0769. The zero-order valence-electron chi connectivity index (χ0n) is 9.72. The third kappa shape index (κ3) is 3.65. The van der Waals surface area contributed by atoms with E-state index in [-0.39, 0.29) is 11.5 Å². The number of carbonyl (C=O) groups excluding carboxylic acids is 1. The van der Waals surface area contributed by atoms with E-state index in [9.17, 15) is 9.59 Å². The number of benzene rings is 1. The zero-order valence-corrected chi connectivity index (χ0v) is 12.1. The maximum Gasteiger partial charge on any atom is 0.335 e. The van der Waals surface area contributed by atoms with E-state index < -0.39 is 5.97 Å². The standard InChI is InChI=1S/C13H10BrNO3S/c14-11-6-5-10(19-11)7-15-12(16)8-1-3-9(4-2-8)13(17)18/h1-6H,7H2,(H,15,16)(H,17,18). The van der Waals surface area contributed by atoms with Crippen molar-refractivity contribution in [2.75, 3.05) is 0 Å². The first-order chi connectivity index (χ1) is 9.06. The number of carboxylic acid groups (broad SMARTS) is 1. The van der Waals surface area contributed by atoms with Gasteiger partial charge in [-0.25, -0.2) is 4.79 Å². The highest BCUT2D eigenvalue weighted by Crippen LogP contribution is 2.21. The maximum absolute atomic E-state index is 11.8. The van der Waals surface area contributed by atoms with E-state index in [2.05, 4.69) is 21.2 Å². The summed E-state index contributed by atoms with van der Waals surface area (Å²) in [5.41, 5.74) is 0.611. The summed E-state index contributed by atoms with van der Waals surface area (Å²) in [5.74, 6) is -1.23. The normalized spacial score (nSPS) is 10.2. The molecule has 1 aromatic carbocycles. The van der Waals surface area contributed by atoms with Gasteiger partial charge in [-0.1, -0.05) is 0 Å². The summed E-state index contributed by atoms with van der Waals surface area (Å²) in [4.78, 5) is 23.6. The quantitative estimate of drug-likeness (QED) is 0.899. The van der Waals surface area contributed by atoms with Gasteiger partial charge in [0.15, 0.2) is 0 Å². The maximum atomic E-state index is 11.8. The van der Waals surface area contributed by atoms with Gasteiger partial charge in [-0.05, 0) is 52.3 Å². The molecule has 0 aliphatic heterocycles. The first-order valence-corrected chi connectivity index (χ1v) is 7.03. The van der Waals surface area contributed by atoms with Gasteiger partial charge in [0.1, 0.15) is 0 Å². The van der Waals surface area contributed by atoms with Crippen LogP contribution in [0, 0.1) is 0 Å². The summed E-state index contributed by atoms with van der Waals surface area (Å²) in [5, 5.41) is 11.5. The lowest BCUT2D eigenvalue weighted by atomic mass is 10.1. The second kappa shape index (κ2) is 5.99. The van der Waals surface area contributed by atoms with Crippen molar-refractivity contribution in [1.29, 1.82) is 0 Å². The summed E-state index contributed by atoms with van der Waals surface area (Å²) in [7, 11) is 0. The molecule has 0 saturated heterocycles. The van der Waals surface area contributed by atoms with Crippen molar-refractivity contribution in [3.05, 3.63) is 56.2 Å². The molecule has 2 rings (SSSR count). The highest BCUT2D eigenvalue weighted by Gasteiger charge is 2.08.